The zero-order chi connectivity index (χ0) is 18.6. The van der Waals surface area contributed by atoms with Gasteiger partial charge in [-0.05, 0) is 49.0 Å². The average Bonchev–Trinajstić information content (AvgIpc) is 3.33. The third kappa shape index (κ3) is 4.04. The Morgan fingerprint density at radius 3 is 2.85 bits per heavy atom. The topological polar surface area (TPSA) is 89.7 Å². The fourth-order valence-corrected chi connectivity index (χ4v) is 3.07. The van der Waals surface area contributed by atoms with Crippen molar-refractivity contribution in [3.63, 3.8) is 0 Å². The Morgan fingerprint density at radius 1 is 1.07 bits per heavy atom. The summed E-state index contributed by atoms with van der Waals surface area (Å²) in [4.78, 5) is 14.8. The van der Waals surface area contributed by atoms with Crippen LogP contribution >= 0.6 is 0 Å². The van der Waals surface area contributed by atoms with E-state index in [-0.39, 0.29) is 5.91 Å². The van der Waals surface area contributed by atoms with Gasteiger partial charge in [0.05, 0.1) is 11.7 Å². The summed E-state index contributed by atoms with van der Waals surface area (Å²) in [5, 5.41) is 17.7. The molecule has 0 saturated heterocycles. The number of rotatable bonds is 6. The Balaban J connectivity index is 1.43. The Hall–Kier alpha value is -3.45. The maximum absolute atomic E-state index is 12.6. The SMILES string of the molecule is CN(Cc1cccc(C(=O)Nc2ccc3[nH]ncc3c2)c1)Cc1ccn[nH]1. The molecule has 7 heteroatoms. The van der Waals surface area contributed by atoms with Gasteiger partial charge in [0.25, 0.3) is 5.91 Å². The number of aromatic amines is 2. The first kappa shape index (κ1) is 17.0. The van der Waals surface area contributed by atoms with Gasteiger partial charge in [0.15, 0.2) is 0 Å². The molecule has 0 radical (unpaired) electrons. The van der Waals surface area contributed by atoms with Gasteiger partial charge in [-0.25, -0.2) is 0 Å². The molecule has 2 heterocycles. The van der Waals surface area contributed by atoms with Crippen LogP contribution in [0, 0.1) is 0 Å². The minimum Gasteiger partial charge on any atom is -0.322 e. The molecule has 2 aromatic heterocycles. The van der Waals surface area contributed by atoms with Gasteiger partial charge in [0.2, 0.25) is 0 Å². The molecular formula is C20H20N6O. The van der Waals surface area contributed by atoms with Crippen molar-refractivity contribution < 1.29 is 4.79 Å². The van der Waals surface area contributed by atoms with Gasteiger partial charge >= 0.3 is 0 Å². The molecule has 7 nitrogen and oxygen atoms in total. The molecule has 0 unspecified atom stereocenters. The van der Waals surface area contributed by atoms with Crippen LogP contribution in [0.1, 0.15) is 21.6 Å². The summed E-state index contributed by atoms with van der Waals surface area (Å²) >= 11 is 0. The molecular weight excluding hydrogens is 340 g/mol. The van der Waals surface area contributed by atoms with E-state index in [1.54, 1.807) is 12.4 Å². The van der Waals surface area contributed by atoms with Crippen LogP contribution in [0.3, 0.4) is 0 Å². The molecule has 3 N–H and O–H groups in total. The van der Waals surface area contributed by atoms with E-state index < -0.39 is 0 Å². The van der Waals surface area contributed by atoms with Gasteiger partial charge < -0.3 is 5.32 Å². The second-order valence-electron chi connectivity index (χ2n) is 6.58. The summed E-state index contributed by atoms with van der Waals surface area (Å²) in [5.41, 5.74) is 4.46. The van der Waals surface area contributed by atoms with E-state index in [1.165, 1.54) is 0 Å². The molecule has 136 valence electrons. The second kappa shape index (κ2) is 7.43. The van der Waals surface area contributed by atoms with Crippen molar-refractivity contribution in [3.8, 4) is 0 Å². The number of nitrogens with zero attached hydrogens (tertiary/aromatic N) is 3. The quantitative estimate of drug-likeness (QED) is 0.493. The molecule has 4 rings (SSSR count). The molecule has 0 spiro atoms. The van der Waals surface area contributed by atoms with Crippen molar-refractivity contribution in [2.45, 2.75) is 13.1 Å². The molecule has 0 bridgehead atoms. The second-order valence-corrected chi connectivity index (χ2v) is 6.58. The van der Waals surface area contributed by atoms with Crippen molar-refractivity contribution in [1.29, 1.82) is 0 Å². The lowest BCUT2D eigenvalue weighted by Crippen LogP contribution is -2.18. The van der Waals surface area contributed by atoms with Crippen LogP contribution in [0.4, 0.5) is 5.69 Å². The largest absolute Gasteiger partial charge is 0.322 e. The first-order chi connectivity index (χ1) is 13.2. The predicted octanol–water partition coefficient (Wildman–Crippen LogP) is 3.17. The van der Waals surface area contributed by atoms with Crippen LogP contribution in [-0.2, 0) is 13.1 Å². The Labute approximate surface area is 156 Å². The minimum atomic E-state index is -0.129. The number of carbonyl (C=O) groups is 1. The Morgan fingerprint density at radius 2 is 2.00 bits per heavy atom. The van der Waals surface area contributed by atoms with Crippen molar-refractivity contribution in [2.75, 3.05) is 12.4 Å². The van der Waals surface area contributed by atoms with Crippen LogP contribution in [0.25, 0.3) is 10.9 Å². The number of anilines is 1. The first-order valence-electron chi connectivity index (χ1n) is 8.67. The predicted molar refractivity (Wildman–Crippen MR) is 104 cm³/mol. The molecule has 2 aromatic carbocycles. The summed E-state index contributed by atoms with van der Waals surface area (Å²) in [7, 11) is 2.04. The van der Waals surface area contributed by atoms with Crippen LogP contribution in [0.5, 0.6) is 0 Å². The van der Waals surface area contributed by atoms with E-state index >= 15 is 0 Å². The standard InChI is InChI=1S/C20H20N6O/c1-26(13-18-7-8-21-24-18)12-14-3-2-4-15(9-14)20(27)23-17-5-6-19-16(10-17)11-22-25-19/h2-11H,12-13H2,1H3,(H,21,24)(H,22,25)(H,23,27). The maximum atomic E-state index is 12.6. The zero-order valence-electron chi connectivity index (χ0n) is 14.9. The van der Waals surface area contributed by atoms with Crippen LogP contribution in [0.15, 0.2) is 60.9 Å². The normalized spacial score (nSPS) is 11.2. The molecule has 0 fully saturated rings. The summed E-state index contributed by atoms with van der Waals surface area (Å²) in [6, 6.07) is 15.3. The van der Waals surface area contributed by atoms with Crippen molar-refractivity contribution >= 4 is 22.5 Å². The molecule has 0 aliphatic rings. The molecule has 0 saturated carbocycles. The molecule has 27 heavy (non-hydrogen) atoms. The third-order valence-corrected chi connectivity index (χ3v) is 4.34. The van der Waals surface area contributed by atoms with Gasteiger partial charge in [0.1, 0.15) is 0 Å². The van der Waals surface area contributed by atoms with Gasteiger partial charge in [-0.15, -0.1) is 0 Å². The molecule has 1 amide bonds. The Bertz CT molecular complexity index is 1050. The summed E-state index contributed by atoms with van der Waals surface area (Å²) < 4.78 is 0. The van der Waals surface area contributed by atoms with Crippen molar-refractivity contribution in [2.24, 2.45) is 0 Å². The van der Waals surface area contributed by atoms with E-state index in [0.717, 1.165) is 40.9 Å². The number of fused-ring (bicyclic) bond motifs is 1. The first-order valence-corrected chi connectivity index (χ1v) is 8.67. The lowest BCUT2D eigenvalue weighted by atomic mass is 10.1. The summed E-state index contributed by atoms with van der Waals surface area (Å²) in [6.45, 7) is 1.50. The van der Waals surface area contributed by atoms with Gasteiger partial charge in [0, 0.05) is 41.6 Å². The fraction of sp³-hybridized carbons (Fsp3) is 0.150. The number of amides is 1. The average molecular weight is 360 g/mol. The van der Waals surface area contributed by atoms with Crippen molar-refractivity contribution in [3.05, 3.63) is 77.7 Å². The Kier molecular flexibility index (Phi) is 4.67. The van der Waals surface area contributed by atoms with Crippen LogP contribution in [-0.4, -0.2) is 38.2 Å². The van der Waals surface area contributed by atoms with E-state index in [1.807, 2.05) is 55.6 Å². The summed E-state index contributed by atoms with van der Waals surface area (Å²) in [5.74, 6) is -0.129. The van der Waals surface area contributed by atoms with E-state index in [0.29, 0.717) is 5.56 Å². The van der Waals surface area contributed by atoms with E-state index in [4.69, 9.17) is 0 Å². The lowest BCUT2D eigenvalue weighted by molar-refractivity contribution is 0.102. The highest BCUT2D eigenvalue weighted by atomic mass is 16.1. The molecule has 4 aromatic rings. The summed E-state index contributed by atoms with van der Waals surface area (Å²) in [6.07, 6.45) is 3.48. The highest BCUT2D eigenvalue weighted by molar-refractivity contribution is 6.05. The number of nitrogens with one attached hydrogen (secondary N) is 3. The molecule has 0 aliphatic carbocycles. The maximum Gasteiger partial charge on any atom is 0.255 e. The molecule has 0 aliphatic heterocycles. The van der Waals surface area contributed by atoms with Gasteiger partial charge in [-0.2, -0.15) is 10.2 Å². The molecule has 0 atom stereocenters. The monoisotopic (exact) mass is 360 g/mol. The van der Waals surface area contributed by atoms with Gasteiger partial charge in [-0.1, -0.05) is 12.1 Å². The van der Waals surface area contributed by atoms with E-state index in [2.05, 4.69) is 30.6 Å². The third-order valence-electron chi connectivity index (χ3n) is 4.34. The fourth-order valence-electron chi connectivity index (χ4n) is 3.07. The number of hydrogen-bond donors (Lipinski definition) is 3. The van der Waals surface area contributed by atoms with Crippen LogP contribution < -0.4 is 5.32 Å². The number of H-pyrrole nitrogens is 2. The lowest BCUT2D eigenvalue weighted by Gasteiger charge is -2.16. The highest BCUT2D eigenvalue weighted by Gasteiger charge is 2.09. The number of benzene rings is 2. The minimum absolute atomic E-state index is 0.129. The van der Waals surface area contributed by atoms with E-state index in [9.17, 15) is 4.79 Å². The van der Waals surface area contributed by atoms with Crippen LogP contribution in [0.2, 0.25) is 0 Å². The zero-order valence-corrected chi connectivity index (χ0v) is 14.9. The smallest absolute Gasteiger partial charge is 0.255 e. The number of carbonyl (C=O) groups excluding carboxylic acids is 1. The number of aromatic nitrogens is 4. The highest BCUT2D eigenvalue weighted by Crippen LogP contribution is 2.18. The number of hydrogen-bond acceptors (Lipinski definition) is 4. The van der Waals surface area contributed by atoms with Gasteiger partial charge in [-0.3, -0.25) is 19.9 Å². The van der Waals surface area contributed by atoms with Crippen molar-refractivity contribution in [1.82, 2.24) is 25.3 Å².